The monoisotopic (exact) mass is 227 g/mol. The molecule has 0 bridgehead atoms. The van der Waals surface area contributed by atoms with Gasteiger partial charge in [-0.2, -0.15) is 11.8 Å². The van der Waals surface area contributed by atoms with Crippen LogP contribution in [0.15, 0.2) is 0 Å². The van der Waals surface area contributed by atoms with Gasteiger partial charge in [0.1, 0.15) is 5.78 Å². The van der Waals surface area contributed by atoms with Crippen molar-refractivity contribution in [1.29, 1.82) is 0 Å². The molecule has 2 rings (SSSR count). The average Bonchev–Trinajstić information content (AvgIpc) is 2.65. The van der Waals surface area contributed by atoms with Crippen LogP contribution < -0.4 is 0 Å². The fourth-order valence-corrected chi connectivity index (χ4v) is 3.86. The number of likely N-dealkylation sites (tertiary alicyclic amines) is 1. The first-order valence-corrected chi connectivity index (χ1v) is 7.26. The van der Waals surface area contributed by atoms with Crippen molar-refractivity contribution in [2.24, 2.45) is 0 Å². The van der Waals surface area contributed by atoms with Gasteiger partial charge in [0.25, 0.3) is 0 Å². The normalized spacial score (nSPS) is 27.1. The molecule has 0 amide bonds. The molecule has 0 spiro atoms. The third kappa shape index (κ3) is 2.76. The fourth-order valence-electron chi connectivity index (χ4n) is 2.86. The van der Waals surface area contributed by atoms with Crippen molar-refractivity contribution in [2.75, 3.05) is 25.9 Å². The molecule has 0 unspecified atom stereocenters. The minimum Gasteiger partial charge on any atom is -0.298 e. The lowest BCUT2D eigenvalue weighted by Gasteiger charge is -2.38. The van der Waals surface area contributed by atoms with Gasteiger partial charge >= 0.3 is 0 Å². The Bertz CT molecular complexity index is 236. The lowest BCUT2D eigenvalue weighted by atomic mass is 9.88. The standard InChI is InChI=1S/C12H21NOS/c1-15-12(6-3-2-4-7-12)10-13-8-5-11(14)9-13/h2-10H2,1H3. The van der Waals surface area contributed by atoms with Crippen LogP contribution in [0.1, 0.15) is 38.5 Å². The molecule has 1 heterocycles. The highest BCUT2D eigenvalue weighted by Crippen LogP contribution is 2.39. The molecular weight excluding hydrogens is 206 g/mol. The number of rotatable bonds is 3. The van der Waals surface area contributed by atoms with Gasteiger partial charge in [-0.05, 0) is 19.1 Å². The number of thioether (sulfide) groups is 1. The van der Waals surface area contributed by atoms with Crippen molar-refractivity contribution >= 4 is 17.5 Å². The molecule has 1 aliphatic heterocycles. The van der Waals surface area contributed by atoms with E-state index in [0.29, 0.717) is 17.1 Å². The van der Waals surface area contributed by atoms with Gasteiger partial charge < -0.3 is 0 Å². The van der Waals surface area contributed by atoms with Crippen molar-refractivity contribution in [3.8, 4) is 0 Å². The maximum absolute atomic E-state index is 11.2. The van der Waals surface area contributed by atoms with Crippen LogP contribution in [-0.2, 0) is 4.79 Å². The molecule has 1 saturated carbocycles. The van der Waals surface area contributed by atoms with Crippen LogP contribution in [0.2, 0.25) is 0 Å². The molecule has 2 fully saturated rings. The first-order valence-electron chi connectivity index (χ1n) is 6.03. The third-order valence-corrected chi connectivity index (χ3v) is 5.22. The van der Waals surface area contributed by atoms with E-state index in [9.17, 15) is 4.79 Å². The SMILES string of the molecule is CSC1(CN2CCC(=O)C2)CCCCC1. The molecule has 1 aliphatic carbocycles. The first kappa shape index (κ1) is 11.5. The van der Waals surface area contributed by atoms with Crippen LogP contribution in [-0.4, -0.2) is 41.3 Å². The molecule has 0 radical (unpaired) electrons. The van der Waals surface area contributed by atoms with Crippen LogP contribution in [0, 0.1) is 0 Å². The molecule has 0 N–H and O–H groups in total. The van der Waals surface area contributed by atoms with Gasteiger partial charge in [-0.15, -0.1) is 0 Å². The Labute approximate surface area is 96.8 Å². The Hall–Kier alpha value is -0.0200. The minimum absolute atomic E-state index is 0.432. The summed E-state index contributed by atoms with van der Waals surface area (Å²) in [6.07, 6.45) is 9.87. The van der Waals surface area contributed by atoms with E-state index in [2.05, 4.69) is 11.2 Å². The number of ketones is 1. The second kappa shape index (κ2) is 4.88. The largest absolute Gasteiger partial charge is 0.298 e. The summed E-state index contributed by atoms with van der Waals surface area (Å²) < 4.78 is 0.461. The zero-order valence-corrected chi connectivity index (χ0v) is 10.4. The van der Waals surface area contributed by atoms with Gasteiger partial charge in [-0.1, -0.05) is 19.3 Å². The number of carbonyl (C=O) groups excluding carboxylic acids is 1. The van der Waals surface area contributed by atoms with Crippen LogP contribution in [0.4, 0.5) is 0 Å². The van der Waals surface area contributed by atoms with E-state index in [1.54, 1.807) is 0 Å². The number of nitrogens with zero attached hydrogens (tertiary/aromatic N) is 1. The molecule has 0 aromatic rings. The van der Waals surface area contributed by atoms with Crippen LogP contribution in [0.5, 0.6) is 0 Å². The molecule has 0 aromatic carbocycles. The Morgan fingerprint density at radius 1 is 1.33 bits per heavy atom. The molecule has 0 atom stereocenters. The average molecular weight is 227 g/mol. The van der Waals surface area contributed by atoms with E-state index < -0.39 is 0 Å². The summed E-state index contributed by atoms with van der Waals surface area (Å²) in [5.41, 5.74) is 0. The summed E-state index contributed by atoms with van der Waals surface area (Å²) in [5, 5.41) is 0. The van der Waals surface area contributed by atoms with E-state index in [0.717, 1.165) is 19.5 Å². The zero-order valence-electron chi connectivity index (χ0n) is 9.63. The Morgan fingerprint density at radius 3 is 2.60 bits per heavy atom. The maximum Gasteiger partial charge on any atom is 0.148 e. The topological polar surface area (TPSA) is 20.3 Å². The van der Waals surface area contributed by atoms with Gasteiger partial charge in [-0.25, -0.2) is 0 Å². The lowest BCUT2D eigenvalue weighted by Crippen LogP contribution is -2.41. The molecule has 2 aliphatic rings. The highest BCUT2D eigenvalue weighted by Gasteiger charge is 2.34. The molecule has 2 nitrogen and oxygen atoms in total. The summed E-state index contributed by atoms with van der Waals surface area (Å²) in [5.74, 6) is 0.432. The van der Waals surface area contributed by atoms with Crippen molar-refractivity contribution in [3.63, 3.8) is 0 Å². The zero-order chi connectivity index (χ0) is 10.7. The van der Waals surface area contributed by atoms with E-state index >= 15 is 0 Å². The van der Waals surface area contributed by atoms with Crippen molar-refractivity contribution in [1.82, 2.24) is 4.90 Å². The van der Waals surface area contributed by atoms with E-state index in [4.69, 9.17) is 0 Å². The molecule has 15 heavy (non-hydrogen) atoms. The van der Waals surface area contributed by atoms with Crippen LogP contribution in [0.25, 0.3) is 0 Å². The van der Waals surface area contributed by atoms with Gasteiger partial charge in [0, 0.05) is 24.3 Å². The Morgan fingerprint density at radius 2 is 2.07 bits per heavy atom. The summed E-state index contributed by atoms with van der Waals surface area (Å²) in [6, 6.07) is 0. The number of Topliss-reactive ketones (excluding diaryl/α,β-unsaturated/α-hetero) is 1. The van der Waals surface area contributed by atoms with Crippen LogP contribution in [0.3, 0.4) is 0 Å². The highest BCUT2D eigenvalue weighted by molar-refractivity contribution is 8.00. The number of carbonyl (C=O) groups is 1. The number of hydrogen-bond acceptors (Lipinski definition) is 3. The predicted octanol–water partition coefficient (Wildman–Crippen LogP) is 2.33. The summed E-state index contributed by atoms with van der Waals surface area (Å²) >= 11 is 2.03. The van der Waals surface area contributed by atoms with Crippen LogP contribution >= 0.6 is 11.8 Å². The third-order valence-electron chi connectivity index (χ3n) is 3.82. The van der Waals surface area contributed by atoms with E-state index in [-0.39, 0.29) is 0 Å². The smallest absolute Gasteiger partial charge is 0.148 e. The molecule has 1 saturated heterocycles. The number of hydrogen-bond donors (Lipinski definition) is 0. The Balaban J connectivity index is 1.91. The van der Waals surface area contributed by atoms with Crippen molar-refractivity contribution in [2.45, 2.75) is 43.3 Å². The lowest BCUT2D eigenvalue weighted by molar-refractivity contribution is -0.116. The van der Waals surface area contributed by atoms with Gasteiger partial charge in [0.2, 0.25) is 0 Å². The Kier molecular flexibility index (Phi) is 3.73. The van der Waals surface area contributed by atoms with Crippen molar-refractivity contribution in [3.05, 3.63) is 0 Å². The summed E-state index contributed by atoms with van der Waals surface area (Å²) in [4.78, 5) is 13.6. The quantitative estimate of drug-likeness (QED) is 0.738. The first-order chi connectivity index (χ1) is 7.24. The van der Waals surface area contributed by atoms with Gasteiger partial charge in [0.15, 0.2) is 0 Å². The molecule has 0 aromatic heterocycles. The minimum atomic E-state index is 0.432. The van der Waals surface area contributed by atoms with E-state index in [1.807, 2.05) is 11.8 Å². The second-order valence-electron chi connectivity index (χ2n) is 4.95. The van der Waals surface area contributed by atoms with Gasteiger partial charge in [-0.3, -0.25) is 9.69 Å². The maximum atomic E-state index is 11.2. The molecule has 3 heteroatoms. The molecule has 86 valence electrons. The highest BCUT2D eigenvalue weighted by atomic mass is 32.2. The summed E-state index contributed by atoms with van der Waals surface area (Å²) in [7, 11) is 0. The summed E-state index contributed by atoms with van der Waals surface area (Å²) in [6.45, 7) is 2.85. The van der Waals surface area contributed by atoms with Crippen molar-refractivity contribution < 1.29 is 4.79 Å². The van der Waals surface area contributed by atoms with Gasteiger partial charge in [0.05, 0.1) is 6.54 Å². The molecular formula is C12H21NOS. The second-order valence-corrected chi connectivity index (χ2v) is 6.22. The predicted molar refractivity (Wildman–Crippen MR) is 65.4 cm³/mol. The fraction of sp³-hybridized carbons (Fsp3) is 0.917. The van der Waals surface area contributed by atoms with E-state index in [1.165, 1.54) is 32.1 Å².